The molecule has 5 nitrogen and oxygen atoms in total. The van der Waals surface area contributed by atoms with Crippen LogP contribution >= 0.6 is 0 Å². The maximum Gasteiger partial charge on any atom is 0.317 e. The van der Waals surface area contributed by atoms with Gasteiger partial charge in [0, 0.05) is 32.4 Å². The van der Waals surface area contributed by atoms with Crippen molar-refractivity contribution in [1.82, 2.24) is 15.2 Å². The quantitative estimate of drug-likeness (QED) is 0.842. The van der Waals surface area contributed by atoms with Gasteiger partial charge >= 0.3 is 6.03 Å². The number of aromatic nitrogens is 1. The standard InChI is InChI=1S/C17H25N3O2/c1-20(11-13-3-2-4-13)17(21)19-10-15-7-8-18-16(9-15)22-12-14-5-6-14/h7-9,13-14H,2-6,10-12H2,1H3,(H,19,21). The lowest BCUT2D eigenvalue weighted by Crippen LogP contribution is -2.40. The van der Waals surface area contributed by atoms with Crippen LogP contribution in [-0.2, 0) is 6.54 Å². The molecule has 120 valence electrons. The summed E-state index contributed by atoms with van der Waals surface area (Å²) in [6.07, 6.45) is 8.09. The number of pyridine rings is 1. The second-order valence-electron chi connectivity index (χ2n) is 6.59. The lowest BCUT2D eigenvalue weighted by atomic mass is 9.85. The van der Waals surface area contributed by atoms with Gasteiger partial charge in [-0.1, -0.05) is 6.42 Å². The Kier molecular flexibility index (Phi) is 4.80. The Labute approximate surface area is 132 Å². The van der Waals surface area contributed by atoms with E-state index in [1.165, 1.54) is 32.1 Å². The number of ether oxygens (including phenoxy) is 1. The first-order chi connectivity index (χ1) is 10.7. The number of amides is 2. The Bertz CT molecular complexity index is 512. The van der Waals surface area contributed by atoms with Crippen LogP contribution in [0.5, 0.6) is 5.88 Å². The largest absolute Gasteiger partial charge is 0.477 e. The molecule has 0 unspecified atom stereocenters. The smallest absolute Gasteiger partial charge is 0.317 e. The average molecular weight is 303 g/mol. The zero-order valence-corrected chi connectivity index (χ0v) is 13.3. The van der Waals surface area contributed by atoms with E-state index in [-0.39, 0.29) is 6.03 Å². The van der Waals surface area contributed by atoms with Gasteiger partial charge in [-0.25, -0.2) is 9.78 Å². The lowest BCUT2D eigenvalue weighted by molar-refractivity contribution is 0.182. The molecule has 0 radical (unpaired) electrons. The van der Waals surface area contributed by atoms with Crippen molar-refractivity contribution >= 4 is 6.03 Å². The number of urea groups is 1. The zero-order valence-electron chi connectivity index (χ0n) is 13.3. The maximum atomic E-state index is 12.1. The van der Waals surface area contributed by atoms with E-state index in [0.29, 0.717) is 24.3 Å². The highest BCUT2D eigenvalue weighted by molar-refractivity contribution is 5.73. The predicted molar refractivity (Wildman–Crippen MR) is 84.7 cm³/mol. The summed E-state index contributed by atoms with van der Waals surface area (Å²) in [5.74, 6) is 2.06. The molecule has 2 aliphatic carbocycles. The van der Waals surface area contributed by atoms with Gasteiger partial charge in [0.05, 0.1) is 6.61 Å². The first-order valence-electron chi connectivity index (χ1n) is 8.27. The predicted octanol–water partition coefficient (Wildman–Crippen LogP) is 2.81. The summed E-state index contributed by atoms with van der Waals surface area (Å²) in [6, 6.07) is 3.81. The second-order valence-corrected chi connectivity index (χ2v) is 6.59. The van der Waals surface area contributed by atoms with Crippen molar-refractivity contribution in [3.05, 3.63) is 23.9 Å². The molecule has 2 fully saturated rings. The molecule has 1 heterocycles. The molecular formula is C17H25N3O2. The number of hydrogen-bond donors (Lipinski definition) is 1. The van der Waals surface area contributed by atoms with Crippen LogP contribution in [0.15, 0.2) is 18.3 Å². The minimum absolute atomic E-state index is 0.0100. The summed E-state index contributed by atoms with van der Waals surface area (Å²) >= 11 is 0. The number of nitrogens with zero attached hydrogens (tertiary/aromatic N) is 2. The molecular weight excluding hydrogens is 278 g/mol. The van der Waals surface area contributed by atoms with Crippen LogP contribution in [0.25, 0.3) is 0 Å². The minimum Gasteiger partial charge on any atom is -0.477 e. The molecule has 2 saturated carbocycles. The van der Waals surface area contributed by atoms with Crippen LogP contribution in [0, 0.1) is 11.8 Å². The summed E-state index contributed by atoms with van der Waals surface area (Å²) in [4.78, 5) is 18.1. The minimum atomic E-state index is -0.0100. The van der Waals surface area contributed by atoms with Crippen molar-refractivity contribution < 1.29 is 9.53 Å². The van der Waals surface area contributed by atoms with Gasteiger partial charge in [0.15, 0.2) is 0 Å². The fourth-order valence-electron chi connectivity index (χ4n) is 2.59. The van der Waals surface area contributed by atoms with Gasteiger partial charge in [0.2, 0.25) is 5.88 Å². The van der Waals surface area contributed by atoms with E-state index in [0.717, 1.165) is 18.7 Å². The molecule has 0 atom stereocenters. The summed E-state index contributed by atoms with van der Waals surface area (Å²) in [7, 11) is 1.87. The van der Waals surface area contributed by atoms with Crippen LogP contribution in [-0.4, -0.2) is 36.1 Å². The van der Waals surface area contributed by atoms with Crippen molar-refractivity contribution in [2.24, 2.45) is 11.8 Å². The summed E-state index contributed by atoms with van der Waals surface area (Å²) < 4.78 is 5.67. The normalized spacial score (nSPS) is 17.7. The Balaban J connectivity index is 1.43. The van der Waals surface area contributed by atoms with E-state index in [1.54, 1.807) is 11.1 Å². The van der Waals surface area contributed by atoms with Crippen LogP contribution in [0.1, 0.15) is 37.7 Å². The summed E-state index contributed by atoms with van der Waals surface area (Å²) in [5, 5.41) is 2.96. The third-order valence-electron chi connectivity index (χ3n) is 4.51. The van der Waals surface area contributed by atoms with Gasteiger partial charge in [-0.2, -0.15) is 0 Å². The highest BCUT2D eigenvalue weighted by atomic mass is 16.5. The van der Waals surface area contributed by atoms with Crippen molar-refractivity contribution in [3.63, 3.8) is 0 Å². The SMILES string of the molecule is CN(CC1CCC1)C(=O)NCc1ccnc(OCC2CC2)c1. The van der Waals surface area contributed by atoms with E-state index in [9.17, 15) is 4.79 Å². The van der Waals surface area contributed by atoms with E-state index in [4.69, 9.17) is 4.74 Å². The van der Waals surface area contributed by atoms with Gasteiger partial charge in [-0.05, 0) is 49.1 Å². The third kappa shape index (κ3) is 4.36. The molecule has 0 saturated heterocycles. The Morgan fingerprint density at radius 2 is 2.18 bits per heavy atom. The topological polar surface area (TPSA) is 54.5 Å². The fraction of sp³-hybridized carbons (Fsp3) is 0.647. The van der Waals surface area contributed by atoms with E-state index in [1.807, 2.05) is 19.2 Å². The van der Waals surface area contributed by atoms with E-state index in [2.05, 4.69) is 10.3 Å². The number of carbonyl (C=O) groups is 1. The van der Waals surface area contributed by atoms with Crippen LogP contribution in [0.2, 0.25) is 0 Å². The van der Waals surface area contributed by atoms with Crippen LogP contribution in [0.4, 0.5) is 4.79 Å². The van der Waals surface area contributed by atoms with E-state index >= 15 is 0 Å². The molecule has 22 heavy (non-hydrogen) atoms. The van der Waals surface area contributed by atoms with Gasteiger partial charge in [0.25, 0.3) is 0 Å². The molecule has 0 aromatic carbocycles. The molecule has 2 aliphatic rings. The molecule has 0 bridgehead atoms. The zero-order chi connectivity index (χ0) is 15.4. The summed E-state index contributed by atoms with van der Waals surface area (Å²) in [6.45, 7) is 2.13. The first kappa shape index (κ1) is 15.1. The molecule has 0 aliphatic heterocycles. The molecule has 0 spiro atoms. The van der Waals surface area contributed by atoms with Crippen molar-refractivity contribution in [2.45, 2.75) is 38.6 Å². The Morgan fingerprint density at radius 1 is 1.36 bits per heavy atom. The molecule has 1 aromatic heterocycles. The van der Waals surface area contributed by atoms with Gasteiger partial charge < -0.3 is 15.0 Å². The van der Waals surface area contributed by atoms with Crippen molar-refractivity contribution in [3.8, 4) is 5.88 Å². The molecule has 1 aromatic rings. The highest BCUT2D eigenvalue weighted by Gasteiger charge is 2.22. The molecule has 1 N–H and O–H groups in total. The average Bonchev–Trinajstić information content (AvgIpc) is 3.31. The monoisotopic (exact) mass is 303 g/mol. The Hall–Kier alpha value is -1.78. The van der Waals surface area contributed by atoms with Gasteiger partial charge in [-0.3, -0.25) is 0 Å². The third-order valence-corrected chi connectivity index (χ3v) is 4.51. The van der Waals surface area contributed by atoms with Gasteiger partial charge in [0.1, 0.15) is 0 Å². The highest BCUT2D eigenvalue weighted by Crippen LogP contribution is 2.29. The van der Waals surface area contributed by atoms with Crippen molar-refractivity contribution in [2.75, 3.05) is 20.2 Å². The maximum absolute atomic E-state index is 12.1. The number of nitrogens with one attached hydrogen (secondary N) is 1. The lowest BCUT2D eigenvalue weighted by Gasteiger charge is -2.30. The van der Waals surface area contributed by atoms with Crippen LogP contribution < -0.4 is 10.1 Å². The Morgan fingerprint density at radius 3 is 2.86 bits per heavy atom. The second kappa shape index (κ2) is 6.99. The van der Waals surface area contributed by atoms with E-state index < -0.39 is 0 Å². The number of carbonyl (C=O) groups excluding carboxylic acids is 1. The number of rotatable bonds is 7. The first-order valence-corrected chi connectivity index (χ1v) is 8.27. The van der Waals surface area contributed by atoms with Crippen LogP contribution in [0.3, 0.4) is 0 Å². The van der Waals surface area contributed by atoms with Crippen molar-refractivity contribution in [1.29, 1.82) is 0 Å². The number of hydrogen-bond acceptors (Lipinski definition) is 3. The molecule has 3 rings (SSSR count). The molecule has 2 amide bonds. The molecule has 5 heteroatoms. The van der Waals surface area contributed by atoms with Gasteiger partial charge in [-0.15, -0.1) is 0 Å². The fourth-order valence-corrected chi connectivity index (χ4v) is 2.59. The summed E-state index contributed by atoms with van der Waals surface area (Å²) in [5.41, 5.74) is 1.02.